The molecule has 0 amide bonds. The van der Waals surface area contributed by atoms with E-state index in [4.69, 9.17) is 4.98 Å². The summed E-state index contributed by atoms with van der Waals surface area (Å²) in [6, 6.07) is 15.5. The van der Waals surface area contributed by atoms with Crippen LogP contribution in [0.4, 0.5) is 0 Å². The molecule has 23 heavy (non-hydrogen) atoms. The zero-order valence-corrected chi connectivity index (χ0v) is 13.9. The number of aromatic nitrogens is 2. The Balaban J connectivity index is 1.90. The maximum absolute atomic E-state index is 4.69. The topological polar surface area (TPSA) is 16.8 Å². The molecule has 2 heteroatoms. The van der Waals surface area contributed by atoms with Crippen molar-refractivity contribution in [1.82, 2.24) is 4.98 Å². The summed E-state index contributed by atoms with van der Waals surface area (Å²) in [6.45, 7) is 2.18. The van der Waals surface area contributed by atoms with Gasteiger partial charge in [0.15, 0.2) is 5.52 Å². The minimum atomic E-state index is 0.733. The van der Waals surface area contributed by atoms with Gasteiger partial charge in [-0.25, -0.2) is 4.57 Å². The standard InChI is InChI=1S/C21H23N2/c1-15-7-3-6-10-18(15)21-19-12-11-17(16-8-4-5-9-16)13-20(19)22-14-23(21)2/h3,6-7,10-14,16H,4-5,8-9H2,1-2H3/q+1. The molecule has 0 atom stereocenters. The number of fused-ring (bicyclic) bond motifs is 1. The van der Waals surface area contributed by atoms with Crippen LogP contribution in [0.5, 0.6) is 0 Å². The van der Waals surface area contributed by atoms with Gasteiger partial charge in [-0.3, -0.25) is 0 Å². The van der Waals surface area contributed by atoms with Gasteiger partial charge in [0.25, 0.3) is 6.33 Å². The third-order valence-corrected chi connectivity index (χ3v) is 5.23. The van der Waals surface area contributed by atoms with Crippen molar-refractivity contribution in [3.05, 3.63) is 59.9 Å². The molecule has 1 aliphatic rings. The highest BCUT2D eigenvalue weighted by Crippen LogP contribution is 2.36. The SMILES string of the molecule is Cc1ccccc1-c1c2ccc(C3CCCC3)cc2nc[n+]1C. The van der Waals surface area contributed by atoms with E-state index >= 15 is 0 Å². The monoisotopic (exact) mass is 303 g/mol. The molecule has 3 aromatic rings. The molecule has 0 saturated heterocycles. The third-order valence-electron chi connectivity index (χ3n) is 5.23. The number of hydrogen-bond acceptors (Lipinski definition) is 1. The highest BCUT2D eigenvalue weighted by molar-refractivity contribution is 5.91. The Morgan fingerprint density at radius 2 is 1.83 bits per heavy atom. The fraction of sp³-hybridized carbons (Fsp3) is 0.333. The molecule has 0 bridgehead atoms. The van der Waals surface area contributed by atoms with E-state index < -0.39 is 0 Å². The van der Waals surface area contributed by atoms with Crippen LogP contribution in [0, 0.1) is 6.92 Å². The third kappa shape index (κ3) is 2.52. The highest BCUT2D eigenvalue weighted by Gasteiger charge is 2.21. The van der Waals surface area contributed by atoms with Crippen LogP contribution in [0.1, 0.15) is 42.7 Å². The molecule has 2 aromatic carbocycles. The number of nitrogens with zero attached hydrogens (tertiary/aromatic N) is 2. The molecule has 0 spiro atoms. The van der Waals surface area contributed by atoms with Crippen LogP contribution in [0.2, 0.25) is 0 Å². The lowest BCUT2D eigenvalue weighted by molar-refractivity contribution is -0.662. The fourth-order valence-electron chi connectivity index (χ4n) is 3.94. The van der Waals surface area contributed by atoms with Crippen molar-refractivity contribution >= 4 is 10.9 Å². The lowest BCUT2D eigenvalue weighted by Gasteiger charge is -2.11. The lowest BCUT2D eigenvalue weighted by atomic mass is 9.95. The average Bonchev–Trinajstić information content (AvgIpc) is 3.10. The quantitative estimate of drug-likeness (QED) is 0.627. The van der Waals surface area contributed by atoms with E-state index in [0.717, 1.165) is 11.4 Å². The Labute approximate surface area is 137 Å². The molecule has 0 unspecified atom stereocenters. The summed E-state index contributed by atoms with van der Waals surface area (Å²) in [5.74, 6) is 0.733. The van der Waals surface area contributed by atoms with Gasteiger partial charge in [-0.15, -0.1) is 0 Å². The van der Waals surface area contributed by atoms with E-state index in [9.17, 15) is 0 Å². The normalized spacial score (nSPS) is 15.4. The smallest absolute Gasteiger partial charge is 0.232 e. The zero-order chi connectivity index (χ0) is 15.8. The number of aryl methyl sites for hydroxylation is 2. The Morgan fingerprint density at radius 1 is 1.04 bits per heavy atom. The van der Waals surface area contributed by atoms with E-state index in [1.54, 1.807) is 0 Å². The first kappa shape index (κ1) is 14.4. The molecule has 4 rings (SSSR count). The van der Waals surface area contributed by atoms with Crippen LogP contribution in [-0.4, -0.2) is 4.98 Å². The van der Waals surface area contributed by atoms with Gasteiger partial charge in [0.2, 0.25) is 0 Å². The van der Waals surface area contributed by atoms with Gasteiger partial charge in [0.1, 0.15) is 5.69 Å². The second-order valence-electron chi connectivity index (χ2n) is 6.78. The van der Waals surface area contributed by atoms with Crippen molar-refractivity contribution in [2.45, 2.75) is 38.5 Å². The van der Waals surface area contributed by atoms with Gasteiger partial charge in [-0.1, -0.05) is 43.2 Å². The van der Waals surface area contributed by atoms with Crippen LogP contribution in [-0.2, 0) is 7.05 Å². The van der Waals surface area contributed by atoms with E-state index in [1.165, 1.54) is 53.5 Å². The molecular weight excluding hydrogens is 280 g/mol. The molecule has 1 aliphatic carbocycles. The minimum absolute atomic E-state index is 0.733. The molecular formula is C21H23N2+. The zero-order valence-electron chi connectivity index (χ0n) is 13.9. The van der Waals surface area contributed by atoms with Gasteiger partial charge in [0, 0.05) is 5.56 Å². The Kier molecular flexibility index (Phi) is 3.60. The van der Waals surface area contributed by atoms with Crippen molar-refractivity contribution < 1.29 is 4.57 Å². The number of rotatable bonds is 2. The lowest BCUT2D eigenvalue weighted by Crippen LogP contribution is -2.31. The molecule has 1 fully saturated rings. The Morgan fingerprint density at radius 3 is 2.61 bits per heavy atom. The van der Waals surface area contributed by atoms with Crippen LogP contribution in [0.25, 0.3) is 22.2 Å². The number of hydrogen-bond donors (Lipinski definition) is 0. The molecule has 1 saturated carbocycles. The average molecular weight is 303 g/mol. The molecule has 2 nitrogen and oxygen atoms in total. The minimum Gasteiger partial charge on any atom is -0.232 e. The van der Waals surface area contributed by atoms with Crippen molar-refractivity contribution in [1.29, 1.82) is 0 Å². The van der Waals surface area contributed by atoms with E-state index in [2.05, 4.69) is 61.0 Å². The second-order valence-corrected chi connectivity index (χ2v) is 6.78. The van der Waals surface area contributed by atoms with Gasteiger partial charge < -0.3 is 0 Å². The van der Waals surface area contributed by atoms with Crippen LogP contribution in [0.3, 0.4) is 0 Å². The molecule has 0 N–H and O–H groups in total. The maximum atomic E-state index is 4.69. The molecule has 1 heterocycles. The van der Waals surface area contributed by atoms with Gasteiger partial charge >= 0.3 is 0 Å². The molecule has 116 valence electrons. The predicted molar refractivity (Wildman–Crippen MR) is 94.3 cm³/mol. The summed E-state index contributed by atoms with van der Waals surface area (Å²) in [5.41, 5.74) is 6.43. The second kappa shape index (κ2) is 5.77. The van der Waals surface area contributed by atoms with Gasteiger partial charge in [0.05, 0.1) is 12.4 Å². The van der Waals surface area contributed by atoms with Crippen molar-refractivity contribution in [3.63, 3.8) is 0 Å². The van der Waals surface area contributed by atoms with Gasteiger partial charge in [-0.2, -0.15) is 0 Å². The summed E-state index contributed by atoms with van der Waals surface area (Å²) in [4.78, 5) is 4.69. The van der Waals surface area contributed by atoms with E-state index in [-0.39, 0.29) is 0 Å². The summed E-state index contributed by atoms with van der Waals surface area (Å²) in [6.07, 6.45) is 7.35. The van der Waals surface area contributed by atoms with Gasteiger partial charge in [-0.05, 0) is 53.9 Å². The predicted octanol–water partition coefficient (Wildman–Crippen LogP) is 4.69. The summed E-state index contributed by atoms with van der Waals surface area (Å²) >= 11 is 0. The van der Waals surface area contributed by atoms with Crippen LogP contribution < -0.4 is 4.57 Å². The van der Waals surface area contributed by atoms with Crippen molar-refractivity contribution in [3.8, 4) is 11.3 Å². The molecule has 1 aromatic heterocycles. The maximum Gasteiger partial charge on any atom is 0.287 e. The van der Waals surface area contributed by atoms with Crippen molar-refractivity contribution in [2.75, 3.05) is 0 Å². The first-order valence-electron chi connectivity index (χ1n) is 8.58. The Bertz CT molecular complexity index is 861. The summed E-state index contributed by atoms with van der Waals surface area (Å²) in [5, 5.41) is 1.24. The van der Waals surface area contributed by atoms with Crippen LogP contribution in [0.15, 0.2) is 48.8 Å². The summed E-state index contributed by atoms with van der Waals surface area (Å²) in [7, 11) is 2.08. The Hall–Kier alpha value is -2.22. The van der Waals surface area contributed by atoms with E-state index in [0.29, 0.717) is 0 Å². The fourth-order valence-corrected chi connectivity index (χ4v) is 3.94. The van der Waals surface area contributed by atoms with Crippen molar-refractivity contribution in [2.24, 2.45) is 7.05 Å². The largest absolute Gasteiger partial charge is 0.287 e. The summed E-state index contributed by atoms with van der Waals surface area (Å²) < 4.78 is 2.14. The highest BCUT2D eigenvalue weighted by atomic mass is 15.0. The van der Waals surface area contributed by atoms with Crippen LogP contribution >= 0.6 is 0 Å². The first-order valence-corrected chi connectivity index (χ1v) is 8.58. The van der Waals surface area contributed by atoms with E-state index in [1.807, 2.05) is 6.33 Å². The molecule has 0 aliphatic heterocycles. The first-order chi connectivity index (χ1) is 11.2. The number of benzene rings is 2. The molecule has 0 radical (unpaired) electrons.